The first-order valence-electron chi connectivity index (χ1n) is 7.61. The third-order valence-electron chi connectivity index (χ3n) is 3.99. The Hall–Kier alpha value is -2.21. The van der Waals surface area contributed by atoms with Crippen LogP contribution in [-0.2, 0) is 24.2 Å². The number of carbonyl (C=O) groups is 1. The van der Waals surface area contributed by atoms with Gasteiger partial charge in [0.15, 0.2) is 5.69 Å². The molecular formula is C16H20N4O2. The van der Waals surface area contributed by atoms with Crippen LogP contribution in [0.15, 0.2) is 24.5 Å². The molecule has 116 valence electrons. The van der Waals surface area contributed by atoms with Crippen LogP contribution in [0.4, 0.5) is 0 Å². The van der Waals surface area contributed by atoms with Crippen LogP contribution < -0.4 is 0 Å². The second-order valence-electron chi connectivity index (χ2n) is 5.32. The zero-order chi connectivity index (χ0) is 15.4. The lowest BCUT2D eigenvalue weighted by Gasteiger charge is -2.21. The number of rotatable bonds is 5. The minimum atomic E-state index is -0.0282. The molecule has 1 aliphatic heterocycles. The van der Waals surface area contributed by atoms with Crippen molar-refractivity contribution in [3.05, 3.63) is 47.0 Å². The van der Waals surface area contributed by atoms with Crippen LogP contribution in [0.25, 0.3) is 0 Å². The number of amides is 1. The zero-order valence-electron chi connectivity index (χ0n) is 12.7. The van der Waals surface area contributed by atoms with Gasteiger partial charge in [-0.15, -0.1) is 0 Å². The molecule has 2 aromatic rings. The maximum absolute atomic E-state index is 12.7. The molecule has 0 aromatic carbocycles. The first-order valence-corrected chi connectivity index (χ1v) is 7.61. The quantitative estimate of drug-likeness (QED) is 0.910. The summed E-state index contributed by atoms with van der Waals surface area (Å²) in [5.74, 6) is -0.0282. The number of likely N-dealkylation sites (N-methyl/N-ethyl adjacent to an activating group) is 1. The van der Waals surface area contributed by atoms with E-state index >= 15 is 0 Å². The number of H-pyrrole nitrogens is 1. The fraction of sp³-hybridized carbons (Fsp3) is 0.438. The Morgan fingerprint density at radius 3 is 3.00 bits per heavy atom. The van der Waals surface area contributed by atoms with Crippen LogP contribution in [0.3, 0.4) is 0 Å². The molecule has 2 aromatic heterocycles. The summed E-state index contributed by atoms with van der Waals surface area (Å²) < 4.78 is 5.45. The molecule has 0 aliphatic carbocycles. The molecule has 6 nitrogen and oxygen atoms in total. The van der Waals surface area contributed by atoms with E-state index in [2.05, 4.69) is 15.2 Å². The third kappa shape index (κ3) is 3.01. The second kappa shape index (κ2) is 6.70. The Morgan fingerprint density at radius 2 is 2.23 bits per heavy atom. The summed E-state index contributed by atoms with van der Waals surface area (Å²) in [4.78, 5) is 18.5. The monoisotopic (exact) mass is 300 g/mol. The summed E-state index contributed by atoms with van der Waals surface area (Å²) in [6.45, 7) is 4.46. The van der Waals surface area contributed by atoms with E-state index in [1.807, 2.05) is 24.0 Å². The van der Waals surface area contributed by atoms with Gasteiger partial charge in [-0.05, 0) is 31.0 Å². The van der Waals surface area contributed by atoms with Gasteiger partial charge in [0.2, 0.25) is 0 Å². The van der Waals surface area contributed by atoms with Gasteiger partial charge >= 0.3 is 0 Å². The van der Waals surface area contributed by atoms with Crippen molar-refractivity contribution in [2.75, 3.05) is 19.7 Å². The number of aromatic amines is 1. The van der Waals surface area contributed by atoms with Crippen molar-refractivity contribution in [3.63, 3.8) is 0 Å². The lowest BCUT2D eigenvalue weighted by Crippen LogP contribution is -2.33. The Labute approximate surface area is 129 Å². The van der Waals surface area contributed by atoms with Gasteiger partial charge in [0.25, 0.3) is 5.91 Å². The van der Waals surface area contributed by atoms with E-state index in [9.17, 15) is 4.79 Å². The first kappa shape index (κ1) is 14.7. The van der Waals surface area contributed by atoms with Crippen molar-refractivity contribution in [2.45, 2.75) is 26.4 Å². The normalized spacial score (nSPS) is 13.7. The molecule has 0 atom stereocenters. The largest absolute Gasteiger partial charge is 0.376 e. The summed E-state index contributed by atoms with van der Waals surface area (Å²) in [6.07, 6.45) is 5.15. The van der Waals surface area contributed by atoms with Crippen molar-refractivity contribution >= 4 is 5.91 Å². The summed E-state index contributed by atoms with van der Waals surface area (Å²) in [6, 6.07) is 3.95. The van der Waals surface area contributed by atoms with E-state index < -0.39 is 0 Å². The number of ether oxygens (including phenoxy) is 1. The molecule has 1 amide bonds. The molecule has 1 N–H and O–H groups in total. The van der Waals surface area contributed by atoms with Crippen LogP contribution in [0, 0.1) is 0 Å². The molecule has 0 saturated heterocycles. The molecule has 1 aliphatic rings. The number of pyridine rings is 1. The van der Waals surface area contributed by atoms with E-state index in [0.29, 0.717) is 32.0 Å². The fourth-order valence-electron chi connectivity index (χ4n) is 2.66. The van der Waals surface area contributed by atoms with Gasteiger partial charge in [-0.3, -0.25) is 14.9 Å². The highest BCUT2D eigenvalue weighted by molar-refractivity contribution is 5.94. The number of hydrogen-bond donors (Lipinski definition) is 1. The molecule has 0 saturated carbocycles. The lowest BCUT2D eigenvalue weighted by molar-refractivity contribution is 0.0746. The van der Waals surface area contributed by atoms with Crippen LogP contribution in [0.2, 0.25) is 0 Å². The smallest absolute Gasteiger partial charge is 0.274 e. The Balaban J connectivity index is 1.70. The summed E-state index contributed by atoms with van der Waals surface area (Å²) in [7, 11) is 0. The summed E-state index contributed by atoms with van der Waals surface area (Å²) in [5.41, 5.74) is 3.62. The van der Waals surface area contributed by atoms with E-state index in [0.717, 1.165) is 24.1 Å². The van der Waals surface area contributed by atoms with Gasteiger partial charge in [0.1, 0.15) is 0 Å². The number of hydrogen-bond acceptors (Lipinski definition) is 4. The van der Waals surface area contributed by atoms with Crippen LogP contribution in [0.1, 0.15) is 34.2 Å². The van der Waals surface area contributed by atoms with Gasteiger partial charge in [-0.1, -0.05) is 0 Å². The van der Waals surface area contributed by atoms with Crippen molar-refractivity contribution in [1.29, 1.82) is 0 Å². The number of carbonyl (C=O) groups excluding carboxylic acids is 1. The number of nitrogens with zero attached hydrogens (tertiary/aromatic N) is 3. The van der Waals surface area contributed by atoms with Crippen molar-refractivity contribution in [1.82, 2.24) is 20.1 Å². The van der Waals surface area contributed by atoms with Gasteiger partial charge < -0.3 is 9.64 Å². The van der Waals surface area contributed by atoms with Gasteiger partial charge in [-0.2, -0.15) is 5.10 Å². The van der Waals surface area contributed by atoms with Crippen LogP contribution in [-0.4, -0.2) is 45.7 Å². The summed E-state index contributed by atoms with van der Waals surface area (Å²) >= 11 is 0. The highest BCUT2D eigenvalue weighted by Gasteiger charge is 2.25. The minimum absolute atomic E-state index is 0.0282. The highest BCUT2D eigenvalue weighted by Crippen LogP contribution is 2.19. The second-order valence-corrected chi connectivity index (χ2v) is 5.32. The van der Waals surface area contributed by atoms with E-state index in [1.54, 1.807) is 12.4 Å². The topological polar surface area (TPSA) is 71.1 Å². The molecule has 3 rings (SSSR count). The Kier molecular flexibility index (Phi) is 4.48. The molecule has 0 fully saturated rings. The maximum atomic E-state index is 12.7. The zero-order valence-corrected chi connectivity index (χ0v) is 12.7. The van der Waals surface area contributed by atoms with E-state index in [1.165, 1.54) is 5.56 Å². The molecule has 0 unspecified atom stereocenters. The molecular weight excluding hydrogens is 280 g/mol. The number of aromatic nitrogens is 3. The highest BCUT2D eigenvalue weighted by atomic mass is 16.5. The Morgan fingerprint density at radius 1 is 1.41 bits per heavy atom. The molecule has 3 heterocycles. The number of nitrogens with one attached hydrogen (secondary N) is 1. The van der Waals surface area contributed by atoms with Gasteiger partial charge in [0.05, 0.1) is 13.2 Å². The summed E-state index contributed by atoms with van der Waals surface area (Å²) in [5, 5.41) is 7.19. The van der Waals surface area contributed by atoms with Crippen molar-refractivity contribution in [2.24, 2.45) is 0 Å². The molecule has 0 spiro atoms. The van der Waals surface area contributed by atoms with Crippen molar-refractivity contribution < 1.29 is 9.53 Å². The lowest BCUT2D eigenvalue weighted by atomic mass is 10.1. The molecule has 0 radical (unpaired) electrons. The van der Waals surface area contributed by atoms with Crippen LogP contribution >= 0.6 is 0 Å². The molecule has 0 bridgehead atoms. The van der Waals surface area contributed by atoms with Crippen molar-refractivity contribution in [3.8, 4) is 0 Å². The maximum Gasteiger partial charge on any atom is 0.274 e. The minimum Gasteiger partial charge on any atom is -0.376 e. The van der Waals surface area contributed by atoms with Gasteiger partial charge in [0, 0.05) is 43.2 Å². The average molecular weight is 300 g/mol. The Bertz CT molecular complexity index is 639. The van der Waals surface area contributed by atoms with E-state index in [-0.39, 0.29) is 5.91 Å². The molecule has 6 heteroatoms. The standard InChI is InChI=1S/C16H20N4O2/c1-2-20(9-5-12-3-7-17-8-4-12)16(21)15-13-11-22-10-6-14(13)18-19-15/h3-4,7-8H,2,5-6,9-11H2,1H3,(H,18,19). The van der Waals surface area contributed by atoms with E-state index in [4.69, 9.17) is 4.74 Å². The first-order chi connectivity index (χ1) is 10.8. The third-order valence-corrected chi connectivity index (χ3v) is 3.99. The predicted octanol–water partition coefficient (Wildman–Crippen LogP) is 1.58. The predicted molar refractivity (Wildman–Crippen MR) is 81.5 cm³/mol. The van der Waals surface area contributed by atoms with Crippen LogP contribution in [0.5, 0.6) is 0 Å². The SMILES string of the molecule is CCN(CCc1ccncc1)C(=O)c1n[nH]c2c1COCC2. The van der Waals surface area contributed by atoms with Gasteiger partial charge in [-0.25, -0.2) is 0 Å². The average Bonchev–Trinajstić information content (AvgIpc) is 3.00. The molecule has 22 heavy (non-hydrogen) atoms. The fourth-order valence-corrected chi connectivity index (χ4v) is 2.66. The number of fused-ring (bicyclic) bond motifs is 1.